The zero-order valence-corrected chi connectivity index (χ0v) is 24.1. The molecule has 1 spiro atoms. The van der Waals surface area contributed by atoms with Gasteiger partial charge in [-0.1, -0.05) is 13.8 Å². The van der Waals surface area contributed by atoms with E-state index in [0.29, 0.717) is 48.1 Å². The molecule has 10 nitrogen and oxygen atoms in total. The quantitative estimate of drug-likeness (QED) is 0.354. The van der Waals surface area contributed by atoms with Crippen LogP contribution in [0.25, 0.3) is 22.0 Å². The number of carbonyl (C=O) groups excluding carboxylic acids is 1. The largest absolute Gasteiger partial charge is 0.475 e. The van der Waals surface area contributed by atoms with E-state index in [2.05, 4.69) is 20.0 Å². The van der Waals surface area contributed by atoms with E-state index in [1.165, 1.54) is 18.3 Å². The third kappa shape index (κ3) is 5.11. The van der Waals surface area contributed by atoms with Crippen LogP contribution in [-0.2, 0) is 25.0 Å². The van der Waals surface area contributed by atoms with Gasteiger partial charge in [0.15, 0.2) is 0 Å². The third-order valence-corrected chi connectivity index (χ3v) is 7.99. The lowest BCUT2D eigenvalue weighted by Crippen LogP contribution is -2.52. The molecule has 12 heteroatoms. The van der Waals surface area contributed by atoms with Crippen molar-refractivity contribution in [1.29, 1.82) is 0 Å². The Morgan fingerprint density at radius 2 is 1.95 bits per heavy atom. The number of aromatic nitrogens is 2. The predicted molar refractivity (Wildman–Crippen MR) is 152 cm³/mol. The average molecular weight is 572 g/mol. The summed E-state index contributed by atoms with van der Waals surface area (Å²) in [6, 6.07) is 4.78. The molecular formula is C28H34FN5O5S. The van der Waals surface area contributed by atoms with E-state index >= 15 is 4.39 Å². The van der Waals surface area contributed by atoms with Gasteiger partial charge in [0.1, 0.15) is 18.1 Å². The van der Waals surface area contributed by atoms with Crippen LogP contribution in [0.4, 0.5) is 15.8 Å². The molecule has 1 fully saturated rings. The second-order valence-electron chi connectivity index (χ2n) is 10.7. The summed E-state index contributed by atoms with van der Waals surface area (Å²) in [4.78, 5) is 23.8. The molecule has 2 aliphatic rings. The van der Waals surface area contributed by atoms with E-state index in [9.17, 15) is 13.2 Å². The van der Waals surface area contributed by atoms with Gasteiger partial charge in [0.05, 0.1) is 35.2 Å². The third-order valence-electron chi connectivity index (χ3n) is 7.40. The molecule has 1 amide bonds. The minimum atomic E-state index is -3.67. The minimum Gasteiger partial charge on any atom is -0.475 e. The molecule has 1 aliphatic heterocycles. The van der Waals surface area contributed by atoms with E-state index < -0.39 is 21.3 Å². The Morgan fingerprint density at radius 1 is 1.20 bits per heavy atom. The van der Waals surface area contributed by atoms with Gasteiger partial charge >= 0.3 is 0 Å². The van der Waals surface area contributed by atoms with Crippen LogP contribution in [0.3, 0.4) is 0 Å². The Balaban J connectivity index is 1.58. The molecule has 3 heterocycles. The molecule has 40 heavy (non-hydrogen) atoms. The van der Waals surface area contributed by atoms with Crippen molar-refractivity contribution in [2.75, 3.05) is 42.7 Å². The van der Waals surface area contributed by atoms with Crippen LogP contribution >= 0.6 is 0 Å². The van der Waals surface area contributed by atoms with Crippen molar-refractivity contribution in [3.63, 3.8) is 0 Å². The smallest absolute Gasteiger partial charge is 0.238 e. The van der Waals surface area contributed by atoms with E-state index in [1.54, 1.807) is 24.2 Å². The Bertz CT molecular complexity index is 1570. The summed E-state index contributed by atoms with van der Waals surface area (Å²) in [5, 5.41) is 3.88. The molecule has 0 atom stereocenters. The minimum absolute atomic E-state index is 0.0199. The first-order valence-corrected chi connectivity index (χ1v) is 15.2. The number of hydrogen-bond acceptors (Lipinski definition) is 8. The van der Waals surface area contributed by atoms with Crippen LogP contribution in [0.1, 0.15) is 39.2 Å². The number of fused-ring (bicyclic) bond motifs is 4. The first kappa shape index (κ1) is 28.2. The fourth-order valence-corrected chi connectivity index (χ4v) is 6.20. The van der Waals surface area contributed by atoms with Crippen molar-refractivity contribution < 1.29 is 27.1 Å². The lowest BCUT2D eigenvalue weighted by Gasteiger charge is -2.43. The van der Waals surface area contributed by atoms with Crippen LogP contribution in [0.15, 0.2) is 30.6 Å². The number of sulfonamides is 1. The summed E-state index contributed by atoms with van der Waals surface area (Å²) >= 11 is 0. The highest BCUT2D eigenvalue weighted by Gasteiger charge is 2.59. The Kier molecular flexibility index (Phi) is 7.45. The number of amides is 1. The number of anilines is 2. The molecule has 0 unspecified atom stereocenters. The Hall–Kier alpha value is -3.35. The zero-order valence-electron chi connectivity index (χ0n) is 23.2. The van der Waals surface area contributed by atoms with Crippen molar-refractivity contribution >= 4 is 38.2 Å². The number of rotatable bonds is 10. The number of hydrogen-bond donors (Lipinski definition) is 2. The van der Waals surface area contributed by atoms with E-state index in [4.69, 9.17) is 9.47 Å². The number of nitrogens with one attached hydrogen (secondary N) is 2. The topological polar surface area (TPSA) is 123 Å². The number of likely N-dealkylation sites (N-methyl/N-ethyl adjacent to an activating group) is 1. The van der Waals surface area contributed by atoms with Gasteiger partial charge in [-0.05, 0) is 31.9 Å². The summed E-state index contributed by atoms with van der Waals surface area (Å²) < 4.78 is 53.6. The van der Waals surface area contributed by atoms with Crippen molar-refractivity contribution in [1.82, 2.24) is 15.3 Å². The maximum Gasteiger partial charge on any atom is 0.238 e. The molecule has 0 saturated heterocycles. The van der Waals surface area contributed by atoms with Gasteiger partial charge in [-0.3, -0.25) is 14.5 Å². The number of carbonyl (C=O) groups is 1. The van der Waals surface area contributed by atoms with Gasteiger partial charge in [-0.15, -0.1) is 0 Å². The number of pyridine rings is 2. The summed E-state index contributed by atoms with van der Waals surface area (Å²) in [5.41, 5.74) is 1.86. The summed E-state index contributed by atoms with van der Waals surface area (Å²) in [5.74, 6) is -0.478. The van der Waals surface area contributed by atoms with Crippen molar-refractivity contribution in [2.24, 2.45) is 0 Å². The summed E-state index contributed by atoms with van der Waals surface area (Å²) in [7, 11) is -1.95. The van der Waals surface area contributed by atoms with Crippen LogP contribution in [-0.4, -0.2) is 69.5 Å². The second-order valence-corrected chi connectivity index (χ2v) is 12.5. The molecule has 1 aromatic carbocycles. The highest BCUT2D eigenvalue weighted by molar-refractivity contribution is 7.92. The zero-order chi connectivity index (χ0) is 28.8. The van der Waals surface area contributed by atoms with E-state index in [1.807, 2.05) is 20.8 Å². The Labute approximate surface area is 233 Å². The van der Waals surface area contributed by atoms with Crippen molar-refractivity contribution in [2.45, 2.75) is 51.2 Å². The van der Waals surface area contributed by atoms with Crippen LogP contribution in [0.5, 0.6) is 5.88 Å². The molecule has 0 radical (unpaired) electrons. The molecule has 2 aromatic heterocycles. The first-order valence-electron chi connectivity index (χ1n) is 13.3. The van der Waals surface area contributed by atoms with E-state index in [0.717, 1.165) is 11.8 Å². The molecule has 214 valence electrons. The van der Waals surface area contributed by atoms with Crippen LogP contribution < -0.4 is 19.7 Å². The maximum absolute atomic E-state index is 15.5. The fraction of sp³-hybridized carbons (Fsp3) is 0.464. The monoisotopic (exact) mass is 571 g/mol. The molecule has 5 rings (SSSR count). The number of halogens is 1. The van der Waals surface area contributed by atoms with Gasteiger partial charge in [0, 0.05) is 60.6 Å². The van der Waals surface area contributed by atoms with Gasteiger partial charge in [0.2, 0.25) is 21.8 Å². The summed E-state index contributed by atoms with van der Waals surface area (Å²) in [6.45, 7) is 7.30. The normalized spacial score (nSPS) is 20.3. The van der Waals surface area contributed by atoms with Gasteiger partial charge in [-0.25, -0.2) is 17.8 Å². The Morgan fingerprint density at radius 3 is 2.62 bits per heavy atom. The van der Waals surface area contributed by atoms with Crippen LogP contribution in [0, 0.1) is 5.82 Å². The first-order chi connectivity index (χ1) is 18.9. The predicted octanol–water partition coefficient (Wildman–Crippen LogP) is 3.60. The maximum atomic E-state index is 15.5. The highest BCUT2D eigenvalue weighted by Crippen LogP contribution is 2.56. The van der Waals surface area contributed by atoms with Gasteiger partial charge in [0.25, 0.3) is 0 Å². The molecule has 0 bridgehead atoms. The van der Waals surface area contributed by atoms with Gasteiger partial charge in [-0.2, -0.15) is 0 Å². The number of benzene rings is 1. The average Bonchev–Trinajstić information content (AvgIpc) is 3.08. The molecule has 2 N–H and O–H groups in total. The molecule has 1 saturated carbocycles. The van der Waals surface area contributed by atoms with E-state index in [-0.39, 0.29) is 41.8 Å². The molecular weight excluding hydrogens is 537 g/mol. The van der Waals surface area contributed by atoms with Crippen molar-refractivity contribution in [3.8, 4) is 17.0 Å². The summed E-state index contributed by atoms with van der Waals surface area (Å²) in [6.07, 6.45) is 5.16. The fourth-order valence-electron chi connectivity index (χ4n) is 5.65. The second kappa shape index (κ2) is 10.6. The highest BCUT2D eigenvalue weighted by atomic mass is 32.2. The lowest BCUT2D eigenvalue weighted by molar-refractivity contribution is -0.133. The molecule has 3 aromatic rings. The van der Waals surface area contributed by atoms with Crippen LogP contribution in [0.2, 0.25) is 0 Å². The number of ether oxygens (including phenoxy) is 2. The lowest BCUT2D eigenvalue weighted by atomic mass is 9.62. The van der Waals surface area contributed by atoms with Gasteiger partial charge < -0.3 is 19.7 Å². The number of nitrogens with zero attached hydrogens (tertiary/aromatic N) is 3. The standard InChI is InChI=1S/C28H34FN5O5S/c1-6-38-18-12-28(13-18)25-20-10-19(21(29)11-22(20)31-15-24(25)34(4)27(28)35)17-9-23(33-40(5,36)37)26(32-14-17)39-8-7-30-16(2)3/h9-11,14-16,18,30,33H,6-8,12-13H2,1-5H3. The SMILES string of the molecule is CCOC1CC2(C1)C(=O)N(C)c1cnc3cc(F)c(-c4cnc(OCCNC(C)C)c(NS(C)(=O)=O)c4)cc3c12. The molecule has 1 aliphatic carbocycles. The van der Waals surface area contributed by atoms with Crippen molar-refractivity contribution in [3.05, 3.63) is 42.0 Å².